The van der Waals surface area contributed by atoms with Crippen molar-refractivity contribution < 1.29 is 4.52 Å². The molecule has 26 heavy (non-hydrogen) atoms. The molecule has 0 unspecified atom stereocenters. The summed E-state index contributed by atoms with van der Waals surface area (Å²) in [6.07, 6.45) is 4.73. The Bertz CT molecular complexity index is 1140. The molecule has 0 aromatic carbocycles. The molecule has 0 saturated heterocycles. The number of rotatable bonds is 3. The van der Waals surface area contributed by atoms with E-state index in [1.807, 2.05) is 17.5 Å². The van der Waals surface area contributed by atoms with Gasteiger partial charge in [-0.15, -0.1) is 22.7 Å². The van der Waals surface area contributed by atoms with E-state index in [-0.39, 0.29) is 12.1 Å². The third kappa shape index (κ3) is 2.60. The number of hydrogen-bond donors (Lipinski definition) is 0. The minimum atomic E-state index is -0.00970. The second-order valence-electron chi connectivity index (χ2n) is 6.70. The van der Waals surface area contributed by atoms with Crippen molar-refractivity contribution in [3.05, 3.63) is 50.5 Å². The molecule has 1 atom stereocenters. The summed E-state index contributed by atoms with van der Waals surface area (Å²) in [6.45, 7) is 2.53. The summed E-state index contributed by atoms with van der Waals surface area (Å²) in [7, 11) is 0. The molecular weight excluding hydrogens is 368 g/mol. The SMILES string of the molecule is C[C@@H]1CCc2c(sc3ncn(Cc4noc(-c5cccs5)n4)c(=O)c23)C1. The van der Waals surface area contributed by atoms with Crippen LogP contribution in [0.2, 0.25) is 0 Å². The van der Waals surface area contributed by atoms with Crippen molar-refractivity contribution >= 4 is 32.9 Å². The van der Waals surface area contributed by atoms with Gasteiger partial charge < -0.3 is 4.52 Å². The van der Waals surface area contributed by atoms with Gasteiger partial charge in [0.05, 0.1) is 23.1 Å². The summed E-state index contributed by atoms with van der Waals surface area (Å²) in [5.74, 6) is 1.64. The van der Waals surface area contributed by atoms with Gasteiger partial charge in [0.15, 0.2) is 5.82 Å². The van der Waals surface area contributed by atoms with Crippen molar-refractivity contribution in [2.24, 2.45) is 5.92 Å². The van der Waals surface area contributed by atoms with E-state index < -0.39 is 0 Å². The molecule has 1 aliphatic rings. The van der Waals surface area contributed by atoms with Crippen LogP contribution in [0, 0.1) is 5.92 Å². The first kappa shape index (κ1) is 15.9. The normalized spacial score (nSPS) is 16.9. The van der Waals surface area contributed by atoms with Gasteiger partial charge in [-0.05, 0) is 42.2 Å². The zero-order chi connectivity index (χ0) is 17.7. The fraction of sp³-hybridized carbons (Fsp3) is 0.333. The first-order valence-electron chi connectivity index (χ1n) is 8.55. The largest absolute Gasteiger partial charge is 0.333 e. The fourth-order valence-electron chi connectivity index (χ4n) is 3.45. The molecule has 0 N–H and O–H groups in total. The second-order valence-corrected chi connectivity index (χ2v) is 8.73. The van der Waals surface area contributed by atoms with Crippen molar-refractivity contribution in [2.75, 3.05) is 0 Å². The fourth-order valence-corrected chi connectivity index (χ4v) is 5.44. The number of nitrogens with zero attached hydrogens (tertiary/aromatic N) is 4. The zero-order valence-electron chi connectivity index (χ0n) is 14.1. The molecule has 4 aromatic rings. The van der Waals surface area contributed by atoms with E-state index >= 15 is 0 Å². The number of fused-ring (bicyclic) bond motifs is 3. The van der Waals surface area contributed by atoms with Crippen LogP contribution in [0.15, 0.2) is 33.2 Å². The zero-order valence-corrected chi connectivity index (χ0v) is 15.8. The highest BCUT2D eigenvalue weighted by molar-refractivity contribution is 7.18. The smallest absolute Gasteiger partial charge is 0.268 e. The molecule has 4 aromatic heterocycles. The highest BCUT2D eigenvalue weighted by atomic mass is 32.1. The lowest BCUT2D eigenvalue weighted by molar-refractivity contribution is 0.421. The van der Waals surface area contributed by atoms with E-state index in [4.69, 9.17) is 4.52 Å². The van der Waals surface area contributed by atoms with Crippen molar-refractivity contribution in [1.82, 2.24) is 19.7 Å². The molecule has 0 radical (unpaired) electrons. The highest BCUT2D eigenvalue weighted by Gasteiger charge is 2.23. The third-order valence-electron chi connectivity index (χ3n) is 4.79. The lowest BCUT2D eigenvalue weighted by atomic mass is 9.89. The van der Waals surface area contributed by atoms with Gasteiger partial charge in [0, 0.05) is 4.88 Å². The van der Waals surface area contributed by atoms with E-state index in [0.717, 1.165) is 34.4 Å². The van der Waals surface area contributed by atoms with E-state index in [1.54, 1.807) is 33.6 Å². The van der Waals surface area contributed by atoms with Gasteiger partial charge in [-0.2, -0.15) is 4.98 Å². The molecule has 4 heterocycles. The van der Waals surface area contributed by atoms with Crippen LogP contribution < -0.4 is 5.56 Å². The maximum atomic E-state index is 13.0. The first-order chi connectivity index (χ1) is 12.7. The van der Waals surface area contributed by atoms with E-state index in [9.17, 15) is 4.79 Å². The minimum Gasteiger partial charge on any atom is -0.333 e. The highest BCUT2D eigenvalue weighted by Crippen LogP contribution is 2.35. The topological polar surface area (TPSA) is 73.8 Å². The summed E-state index contributed by atoms with van der Waals surface area (Å²) in [5, 5.41) is 6.75. The van der Waals surface area contributed by atoms with E-state index in [0.29, 0.717) is 17.6 Å². The lowest BCUT2D eigenvalue weighted by Crippen LogP contribution is -2.22. The monoisotopic (exact) mass is 384 g/mol. The van der Waals surface area contributed by atoms with Gasteiger partial charge in [0.25, 0.3) is 11.4 Å². The van der Waals surface area contributed by atoms with Gasteiger partial charge in [-0.3, -0.25) is 9.36 Å². The molecule has 6 nitrogen and oxygen atoms in total. The molecule has 0 aliphatic heterocycles. The average molecular weight is 384 g/mol. The van der Waals surface area contributed by atoms with Crippen molar-refractivity contribution in [1.29, 1.82) is 0 Å². The number of hydrogen-bond acceptors (Lipinski definition) is 7. The van der Waals surface area contributed by atoms with E-state index in [2.05, 4.69) is 22.0 Å². The molecule has 1 aliphatic carbocycles. The Morgan fingerprint density at radius 2 is 2.35 bits per heavy atom. The maximum Gasteiger partial charge on any atom is 0.268 e. The second kappa shape index (κ2) is 6.14. The third-order valence-corrected chi connectivity index (χ3v) is 6.81. The summed E-state index contributed by atoms with van der Waals surface area (Å²) >= 11 is 3.20. The van der Waals surface area contributed by atoms with Crippen molar-refractivity contribution in [3.63, 3.8) is 0 Å². The quantitative estimate of drug-likeness (QED) is 0.538. The Hall–Kier alpha value is -2.32. The Kier molecular flexibility index (Phi) is 3.75. The van der Waals surface area contributed by atoms with Gasteiger partial charge in [0.1, 0.15) is 4.83 Å². The van der Waals surface area contributed by atoms with Crippen LogP contribution in [0.25, 0.3) is 21.0 Å². The van der Waals surface area contributed by atoms with Crippen LogP contribution in [0.5, 0.6) is 0 Å². The van der Waals surface area contributed by atoms with Crippen molar-refractivity contribution in [3.8, 4) is 10.8 Å². The predicted octanol–water partition coefficient (Wildman–Crippen LogP) is 3.74. The van der Waals surface area contributed by atoms with Crippen LogP contribution in [0.3, 0.4) is 0 Å². The minimum absolute atomic E-state index is 0.00970. The van der Waals surface area contributed by atoms with Gasteiger partial charge in [-0.25, -0.2) is 4.98 Å². The van der Waals surface area contributed by atoms with Gasteiger partial charge in [0.2, 0.25) is 0 Å². The van der Waals surface area contributed by atoms with Crippen LogP contribution in [-0.4, -0.2) is 19.7 Å². The molecule has 0 amide bonds. The predicted molar refractivity (Wildman–Crippen MR) is 102 cm³/mol. The van der Waals surface area contributed by atoms with Crippen molar-refractivity contribution in [2.45, 2.75) is 32.7 Å². The summed E-state index contributed by atoms with van der Waals surface area (Å²) in [5.41, 5.74) is 1.19. The first-order valence-corrected chi connectivity index (χ1v) is 10.2. The number of thiophene rings is 2. The molecule has 5 rings (SSSR count). The summed E-state index contributed by atoms with van der Waals surface area (Å²) < 4.78 is 6.89. The molecule has 0 spiro atoms. The molecule has 0 saturated carbocycles. The molecule has 8 heteroatoms. The Labute approximate surface area is 157 Å². The summed E-state index contributed by atoms with van der Waals surface area (Å²) in [6, 6.07) is 3.87. The molecule has 0 bridgehead atoms. The number of aromatic nitrogens is 4. The van der Waals surface area contributed by atoms with E-state index in [1.165, 1.54) is 10.4 Å². The van der Waals surface area contributed by atoms with Gasteiger partial charge in [-0.1, -0.05) is 18.1 Å². The van der Waals surface area contributed by atoms with Crippen LogP contribution >= 0.6 is 22.7 Å². The number of aryl methyl sites for hydroxylation is 1. The van der Waals surface area contributed by atoms with Gasteiger partial charge >= 0.3 is 0 Å². The Morgan fingerprint density at radius 3 is 3.19 bits per heavy atom. The maximum absolute atomic E-state index is 13.0. The standard InChI is InChI=1S/C18H16N4O2S2/c1-10-4-5-11-13(7-10)26-17-15(11)18(23)22(9-19-17)8-14-20-16(24-21-14)12-3-2-6-25-12/h2-3,6,9-10H,4-5,7-8H2,1H3/t10-/m1/s1. The molecular formula is C18H16N4O2S2. The Morgan fingerprint density at radius 1 is 1.42 bits per heavy atom. The molecule has 132 valence electrons. The van der Waals surface area contributed by atoms with Crippen LogP contribution in [0.4, 0.5) is 0 Å². The van der Waals surface area contributed by atoms with Crippen LogP contribution in [-0.2, 0) is 19.4 Å². The molecule has 0 fully saturated rings. The Balaban J connectivity index is 1.52. The summed E-state index contributed by atoms with van der Waals surface area (Å²) in [4.78, 5) is 25.0. The van der Waals surface area contributed by atoms with Crippen LogP contribution in [0.1, 0.15) is 29.6 Å². The average Bonchev–Trinajstić information content (AvgIpc) is 3.35. The lowest BCUT2D eigenvalue weighted by Gasteiger charge is -2.17.